The van der Waals surface area contributed by atoms with E-state index in [0.29, 0.717) is 19.1 Å². The highest BCUT2D eigenvalue weighted by atomic mass is 127. The molecule has 0 aromatic carbocycles. The van der Waals surface area contributed by atoms with Crippen LogP contribution in [0, 0.1) is 12.3 Å². The van der Waals surface area contributed by atoms with Gasteiger partial charge in [-0.1, -0.05) is 12.8 Å². The number of hydrogen-bond acceptors (Lipinski definition) is 4. The summed E-state index contributed by atoms with van der Waals surface area (Å²) in [6.45, 7) is 6.70. The van der Waals surface area contributed by atoms with E-state index >= 15 is 0 Å². The third-order valence-electron chi connectivity index (χ3n) is 4.80. The van der Waals surface area contributed by atoms with Crippen molar-refractivity contribution in [3.05, 3.63) is 11.6 Å². The zero-order valence-electron chi connectivity index (χ0n) is 16.4. The van der Waals surface area contributed by atoms with E-state index in [9.17, 15) is 4.79 Å². The highest BCUT2D eigenvalue weighted by Crippen LogP contribution is 2.18. The van der Waals surface area contributed by atoms with Gasteiger partial charge in [-0.3, -0.25) is 4.79 Å². The monoisotopic (exact) mass is 477 g/mol. The average molecular weight is 477 g/mol. The lowest BCUT2D eigenvalue weighted by molar-refractivity contribution is -0.128. The number of amides is 1. The van der Waals surface area contributed by atoms with Gasteiger partial charge in [0.05, 0.1) is 5.41 Å². The Balaban J connectivity index is 0.00000338. The second-order valence-corrected chi connectivity index (χ2v) is 7.33. The van der Waals surface area contributed by atoms with E-state index in [1.165, 1.54) is 12.8 Å². The lowest BCUT2D eigenvalue weighted by atomic mass is 9.92. The van der Waals surface area contributed by atoms with Gasteiger partial charge < -0.3 is 20.5 Å². The van der Waals surface area contributed by atoms with Crippen LogP contribution in [-0.2, 0) is 18.4 Å². The summed E-state index contributed by atoms with van der Waals surface area (Å²) in [5.41, 5.74) is -0.520. The molecule has 1 aliphatic carbocycles. The molecule has 8 nitrogen and oxygen atoms in total. The van der Waals surface area contributed by atoms with Crippen LogP contribution in [0.2, 0.25) is 0 Å². The summed E-state index contributed by atoms with van der Waals surface area (Å²) < 4.78 is 1.94. The lowest BCUT2D eigenvalue weighted by Gasteiger charge is -2.25. The minimum absolute atomic E-state index is 0. The zero-order valence-corrected chi connectivity index (χ0v) is 18.8. The number of guanidine groups is 1. The summed E-state index contributed by atoms with van der Waals surface area (Å²) in [5, 5.41) is 17.7. The largest absolute Gasteiger partial charge is 0.359 e. The fourth-order valence-corrected chi connectivity index (χ4v) is 2.88. The van der Waals surface area contributed by atoms with E-state index in [-0.39, 0.29) is 29.9 Å². The third kappa shape index (κ3) is 6.10. The molecule has 3 N–H and O–H groups in total. The van der Waals surface area contributed by atoms with Crippen molar-refractivity contribution in [2.45, 2.75) is 59.0 Å². The molecule has 1 aromatic rings. The van der Waals surface area contributed by atoms with Crippen molar-refractivity contribution in [3.63, 3.8) is 0 Å². The van der Waals surface area contributed by atoms with Gasteiger partial charge in [-0.05, 0) is 33.6 Å². The number of halogens is 1. The Bertz CT molecular complexity index is 621. The van der Waals surface area contributed by atoms with Crippen molar-refractivity contribution < 1.29 is 4.79 Å². The van der Waals surface area contributed by atoms with Gasteiger partial charge in [0, 0.05) is 26.7 Å². The van der Waals surface area contributed by atoms with Gasteiger partial charge in [-0.25, -0.2) is 4.99 Å². The molecule has 1 saturated carbocycles. The number of nitrogens with one attached hydrogen (secondary N) is 3. The molecule has 0 radical (unpaired) electrons. The maximum absolute atomic E-state index is 12.0. The van der Waals surface area contributed by atoms with Crippen LogP contribution >= 0.6 is 24.0 Å². The number of nitrogens with zero attached hydrogens (tertiary/aromatic N) is 4. The quantitative estimate of drug-likeness (QED) is 0.328. The molecule has 1 aliphatic rings. The highest BCUT2D eigenvalue weighted by molar-refractivity contribution is 14.0. The smallest absolute Gasteiger partial charge is 0.227 e. The molecule has 0 spiro atoms. The summed E-state index contributed by atoms with van der Waals surface area (Å²) in [5.74, 6) is 2.41. The average Bonchev–Trinajstić information content (AvgIpc) is 3.21. The first-order valence-corrected chi connectivity index (χ1v) is 8.95. The predicted octanol–water partition coefficient (Wildman–Crippen LogP) is 1.49. The first-order valence-electron chi connectivity index (χ1n) is 8.95. The Morgan fingerprint density at radius 3 is 2.50 bits per heavy atom. The van der Waals surface area contributed by atoms with Crippen molar-refractivity contribution in [3.8, 4) is 0 Å². The maximum atomic E-state index is 12.0. The van der Waals surface area contributed by atoms with Crippen LogP contribution in [0.15, 0.2) is 4.99 Å². The Kier molecular flexibility index (Phi) is 8.78. The summed E-state index contributed by atoms with van der Waals surface area (Å²) in [7, 11) is 3.60. The summed E-state index contributed by atoms with van der Waals surface area (Å²) in [6, 6.07) is 0.440. The molecule has 0 unspecified atom stereocenters. The van der Waals surface area contributed by atoms with Gasteiger partial charge in [0.15, 0.2) is 11.8 Å². The molecule has 0 saturated heterocycles. The number of aryl methyl sites for hydroxylation is 1. The molecule has 0 bridgehead atoms. The van der Waals surface area contributed by atoms with Gasteiger partial charge in [0.25, 0.3) is 0 Å². The van der Waals surface area contributed by atoms with Gasteiger partial charge in [0.2, 0.25) is 5.91 Å². The van der Waals surface area contributed by atoms with Crippen LogP contribution in [0.1, 0.15) is 51.2 Å². The van der Waals surface area contributed by atoms with Crippen LogP contribution < -0.4 is 16.0 Å². The Morgan fingerprint density at radius 1 is 1.31 bits per heavy atom. The molecular formula is C17H32IN7O. The van der Waals surface area contributed by atoms with Gasteiger partial charge in [-0.15, -0.1) is 34.2 Å². The van der Waals surface area contributed by atoms with Crippen molar-refractivity contribution in [2.24, 2.45) is 17.5 Å². The molecule has 0 aliphatic heterocycles. The molecular weight excluding hydrogens is 445 g/mol. The van der Waals surface area contributed by atoms with Crippen LogP contribution in [0.4, 0.5) is 0 Å². The SMILES string of the molecule is CNC(=O)C(C)(C)CNC(=NCc1nnc(C)n1C)NC1CCCC1.I. The number of hydrogen-bond donors (Lipinski definition) is 3. The fourth-order valence-electron chi connectivity index (χ4n) is 2.88. The molecule has 2 rings (SSSR count). The second-order valence-electron chi connectivity index (χ2n) is 7.33. The fraction of sp³-hybridized carbons (Fsp3) is 0.765. The van der Waals surface area contributed by atoms with Crippen LogP contribution in [0.5, 0.6) is 0 Å². The van der Waals surface area contributed by atoms with Crippen LogP contribution in [-0.4, -0.2) is 46.3 Å². The first-order chi connectivity index (χ1) is 11.8. The van der Waals surface area contributed by atoms with Crippen LogP contribution in [0.25, 0.3) is 0 Å². The number of carbonyl (C=O) groups is 1. The maximum Gasteiger partial charge on any atom is 0.227 e. The lowest BCUT2D eigenvalue weighted by Crippen LogP contribution is -2.49. The molecule has 0 atom stereocenters. The van der Waals surface area contributed by atoms with Crippen molar-refractivity contribution >= 4 is 35.8 Å². The first kappa shape index (κ1) is 22.7. The number of carbonyl (C=O) groups excluding carboxylic acids is 1. The predicted molar refractivity (Wildman–Crippen MR) is 114 cm³/mol. The van der Waals surface area contributed by atoms with E-state index in [2.05, 4.69) is 31.1 Å². The highest BCUT2D eigenvalue weighted by Gasteiger charge is 2.27. The second kappa shape index (κ2) is 10.1. The van der Waals surface area contributed by atoms with Gasteiger partial charge >= 0.3 is 0 Å². The van der Waals surface area contributed by atoms with E-state index in [0.717, 1.165) is 30.5 Å². The Hall–Kier alpha value is -1.39. The van der Waals surface area contributed by atoms with Gasteiger partial charge in [0.1, 0.15) is 12.4 Å². The van der Waals surface area contributed by atoms with E-state index in [4.69, 9.17) is 0 Å². The summed E-state index contributed by atoms with van der Waals surface area (Å²) >= 11 is 0. The molecule has 1 heterocycles. The summed E-state index contributed by atoms with van der Waals surface area (Å²) in [6.07, 6.45) is 4.81. The molecule has 9 heteroatoms. The molecule has 1 fully saturated rings. The number of aliphatic imine (C=N–C) groups is 1. The normalized spacial score (nSPS) is 15.5. The molecule has 148 valence electrons. The minimum Gasteiger partial charge on any atom is -0.359 e. The van der Waals surface area contributed by atoms with E-state index in [1.54, 1.807) is 7.05 Å². The molecule has 26 heavy (non-hydrogen) atoms. The topological polar surface area (TPSA) is 96.2 Å². The Labute approximate surface area is 173 Å². The van der Waals surface area contributed by atoms with Crippen molar-refractivity contribution in [1.29, 1.82) is 0 Å². The standard InChI is InChI=1S/C17H31N7O.HI/c1-12-22-23-14(24(12)5)10-19-16(21-13-8-6-7-9-13)20-11-17(2,3)15(25)18-4;/h13H,6-11H2,1-5H3,(H,18,25)(H2,19,20,21);1H. The van der Waals surface area contributed by atoms with Gasteiger partial charge in [-0.2, -0.15) is 0 Å². The molecule has 1 amide bonds. The van der Waals surface area contributed by atoms with Crippen LogP contribution in [0.3, 0.4) is 0 Å². The number of aromatic nitrogens is 3. The van der Waals surface area contributed by atoms with Crippen molar-refractivity contribution in [1.82, 2.24) is 30.7 Å². The zero-order chi connectivity index (χ0) is 18.4. The Morgan fingerprint density at radius 2 is 1.96 bits per heavy atom. The molecule has 1 aromatic heterocycles. The van der Waals surface area contributed by atoms with E-state index < -0.39 is 5.41 Å². The number of rotatable bonds is 6. The summed E-state index contributed by atoms with van der Waals surface area (Å²) in [4.78, 5) is 16.6. The third-order valence-corrected chi connectivity index (χ3v) is 4.80. The van der Waals surface area contributed by atoms with Crippen molar-refractivity contribution in [2.75, 3.05) is 13.6 Å². The van der Waals surface area contributed by atoms with E-state index in [1.807, 2.05) is 32.4 Å². The minimum atomic E-state index is -0.520.